The van der Waals surface area contributed by atoms with E-state index in [1.54, 1.807) is 41.8 Å². The van der Waals surface area contributed by atoms with Crippen LogP contribution < -0.4 is 11.1 Å². The van der Waals surface area contributed by atoms with E-state index in [-0.39, 0.29) is 11.4 Å². The van der Waals surface area contributed by atoms with E-state index < -0.39 is 18.1 Å². The number of aryl methyl sites for hydroxylation is 2. The number of anilines is 2. The van der Waals surface area contributed by atoms with Gasteiger partial charge in [-0.15, -0.1) is 0 Å². The standard InChI is InChI=1S/C26H22F3N7O/c1-15-8-9-18(20-10-16(2)22-24(30)31-13-33-36(20)22)11-19(15)25(37)34-21-12-35(14-32-21)23(26(27,28)29)17-6-4-3-5-7-17/h3-14,23H,1-2H3,(H,34,37)(H2,30,31,33). The van der Waals surface area contributed by atoms with Gasteiger partial charge in [-0.25, -0.2) is 14.5 Å². The van der Waals surface area contributed by atoms with Crippen LogP contribution in [0, 0.1) is 13.8 Å². The van der Waals surface area contributed by atoms with E-state index in [1.807, 2.05) is 19.1 Å². The Labute approximate surface area is 209 Å². The maximum atomic E-state index is 13.9. The highest BCUT2D eigenvalue weighted by Gasteiger charge is 2.42. The molecule has 1 unspecified atom stereocenters. The molecule has 11 heteroatoms. The zero-order chi connectivity index (χ0) is 26.3. The van der Waals surface area contributed by atoms with Gasteiger partial charge < -0.3 is 15.6 Å². The number of amides is 1. The van der Waals surface area contributed by atoms with E-state index in [4.69, 9.17) is 5.73 Å². The molecule has 3 aromatic heterocycles. The van der Waals surface area contributed by atoms with Gasteiger partial charge >= 0.3 is 6.18 Å². The van der Waals surface area contributed by atoms with Crippen molar-refractivity contribution in [1.82, 2.24) is 24.1 Å². The molecule has 37 heavy (non-hydrogen) atoms. The quantitative estimate of drug-likeness (QED) is 0.342. The number of hydrogen-bond acceptors (Lipinski definition) is 5. The van der Waals surface area contributed by atoms with Gasteiger partial charge in [0.2, 0.25) is 0 Å². The monoisotopic (exact) mass is 505 g/mol. The molecule has 1 amide bonds. The molecule has 0 aliphatic heterocycles. The number of nitrogens with one attached hydrogen (secondary N) is 1. The van der Waals surface area contributed by atoms with E-state index >= 15 is 0 Å². The Balaban J connectivity index is 1.45. The van der Waals surface area contributed by atoms with Crippen molar-refractivity contribution in [2.75, 3.05) is 11.1 Å². The third-order valence-corrected chi connectivity index (χ3v) is 6.12. The SMILES string of the molecule is Cc1ccc(-c2cc(C)c3c(N)ncnn23)cc1C(=O)Nc1cn(C(c2ccccc2)C(F)(F)F)cn1. The zero-order valence-corrected chi connectivity index (χ0v) is 19.9. The highest BCUT2D eigenvalue weighted by atomic mass is 19.4. The van der Waals surface area contributed by atoms with Crippen LogP contribution in [0.1, 0.15) is 33.1 Å². The van der Waals surface area contributed by atoms with Crippen molar-refractivity contribution in [3.05, 3.63) is 95.7 Å². The molecule has 0 aliphatic carbocycles. The minimum atomic E-state index is -4.56. The van der Waals surface area contributed by atoms with Crippen LogP contribution in [-0.2, 0) is 0 Å². The molecule has 5 rings (SSSR count). The lowest BCUT2D eigenvalue weighted by atomic mass is 10.0. The van der Waals surface area contributed by atoms with Crippen LogP contribution in [0.2, 0.25) is 0 Å². The summed E-state index contributed by atoms with van der Waals surface area (Å²) < 4.78 is 44.2. The van der Waals surface area contributed by atoms with Crippen molar-refractivity contribution in [1.29, 1.82) is 0 Å². The van der Waals surface area contributed by atoms with Gasteiger partial charge in [-0.2, -0.15) is 18.3 Å². The maximum Gasteiger partial charge on any atom is 0.413 e. The van der Waals surface area contributed by atoms with Crippen molar-refractivity contribution in [2.24, 2.45) is 0 Å². The Morgan fingerprint density at radius 2 is 1.78 bits per heavy atom. The number of rotatable bonds is 5. The first-order chi connectivity index (χ1) is 17.6. The number of hydrogen-bond donors (Lipinski definition) is 2. The number of carbonyl (C=O) groups is 1. The van der Waals surface area contributed by atoms with Crippen LogP contribution in [0.25, 0.3) is 16.8 Å². The number of imidazole rings is 1. The first kappa shape index (κ1) is 24.0. The highest BCUT2D eigenvalue weighted by molar-refractivity contribution is 6.05. The molecule has 8 nitrogen and oxygen atoms in total. The lowest BCUT2D eigenvalue weighted by molar-refractivity contribution is -0.156. The Morgan fingerprint density at radius 1 is 1.03 bits per heavy atom. The Kier molecular flexibility index (Phi) is 5.90. The van der Waals surface area contributed by atoms with Gasteiger partial charge in [0.1, 0.15) is 11.8 Å². The molecule has 0 saturated carbocycles. The van der Waals surface area contributed by atoms with Crippen LogP contribution in [-0.4, -0.2) is 36.2 Å². The second-order valence-corrected chi connectivity index (χ2v) is 8.66. The summed E-state index contributed by atoms with van der Waals surface area (Å²) in [6.45, 7) is 3.66. The summed E-state index contributed by atoms with van der Waals surface area (Å²) >= 11 is 0. The summed E-state index contributed by atoms with van der Waals surface area (Å²) in [5.74, 6) is -0.156. The lowest BCUT2D eigenvalue weighted by Gasteiger charge is -2.21. The van der Waals surface area contributed by atoms with E-state index in [0.29, 0.717) is 28.0 Å². The van der Waals surface area contributed by atoms with Crippen LogP contribution in [0.15, 0.2) is 73.4 Å². The van der Waals surface area contributed by atoms with Gasteiger partial charge in [-0.1, -0.05) is 42.5 Å². The number of fused-ring (bicyclic) bond motifs is 1. The van der Waals surface area contributed by atoms with Crippen molar-refractivity contribution < 1.29 is 18.0 Å². The second kappa shape index (κ2) is 9.08. The first-order valence-electron chi connectivity index (χ1n) is 11.3. The Bertz CT molecular complexity index is 1610. The predicted molar refractivity (Wildman–Crippen MR) is 133 cm³/mol. The van der Waals surface area contributed by atoms with Crippen molar-refractivity contribution >= 4 is 23.1 Å². The van der Waals surface area contributed by atoms with Crippen LogP contribution in [0.4, 0.5) is 24.8 Å². The molecule has 188 valence electrons. The molecule has 0 bridgehead atoms. The van der Waals surface area contributed by atoms with Gasteiger partial charge in [0.25, 0.3) is 5.91 Å². The number of nitrogens with zero attached hydrogens (tertiary/aromatic N) is 5. The molecule has 0 radical (unpaired) electrons. The average molecular weight is 506 g/mol. The maximum absolute atomic E-state index is 13.9. The molecule has 3 N–H and O–H groups in total. The van der Waals surface area contributed by atoms with Crippen LogP contribution >= 0.6 is 0 Å². The van der Waals surface area contributed by atoms with Crippen molar-refractivity contribution in [3.63, 3.8) is 0 Å². The highest BCUT2D eigenvalue weighted by Crippen LogP contribution is 2.36. The van der Waals surface area contributed by atoms with Gasteiger partial charge in [0.15, 0.2) is 17.7 Å². The van der Waals surface area contributed by atoms with E-state index in [0.717, 1.165) is 22.2 Å². The van der Waals surface area contributed by atoms with Gasteiger partial charge in [-0.3, -0.25) is 4.79 Å². The second-order valence-electron chi connectivity index (χ2n) is 8.66. The van der Waals surface area contributed by atoms with Crippen LogP contribution in [0.3, 0.4) is 0 Å². The minimum absolute atomic E-state index is 0.00415. The fourth-order valence-electron chi connectivity index (χ4n) is 4.38. The molecule has 1 atom stereocenters. The number of aromatic nitrogens is 5. The fraction of sp³-hybridized carbons (Fsp3) is 0.154. The van der Waals surface area contributed by atoms with Crippen LogP contribution in [0.5, 0.6) is 0 Å². The van der Waals surface area contributed by atoms with Crippen molar-refractivity contribution in [2.45, 2.75) is 26.1 Å². The Morgan fingerprint density at radius 3 is 2.51 bits per heavy atom. The number of halogens is 3. The summed E-state index contributed by atoms with van der Waals surface area (Å²) in [7, 11) is 0. The molecule has 0 saturated heterocycles. The summed E-state index contributed by atoms with van der Waals surface area (Å²) in [4.78, 5) is 21.2. The molecule has 5 aromatic rings. The number of benzene rings is 2. The molecule has 2 aromatic carbocycles. The third kappa shape index (κ3) is 4.51. The molecule has 0 fully saturated rings. The fourth-order valence-corrected chi connectivity index (χ4v) is 4.38. The largest absolute Gasteiger partial charge is 0.413 e. The van der Waals surface area contributed by atoms with Gasteiger partial charge in [0.05, 0.1) is 12.0 Å². The molecular formula is C26H22F3N7O. The van der Waals surface area contributed by atoms with E-state index in [2.05, 4.69) is 20.4 Å². The van der Waals surface area contributed by atoms with Gasteiger partial charge in [0, 0.05) is 17.3 Å². The number of nitrogens with two attached hydrogens (primary N) is 1. The van der Waals surface area contributed by atoms with E-state index in [1.165, 1.54) is 24.7 Å². The normalized spacial score (nSPS) is 12.6. The summed E-state index contributed by atoms with van der Waals surface area (Å²) in [5.41, 5.74) is 10.1. The third-order valence-electron chi connectivity index (χ3n) is 6.12. The zero-order valence-electron chi connectivity index (χ0n) is 19.9. The summed E-state index contributed by atoms with van der Waals surface area (Å²) in [5, 5.41) is 6.90. The van der Waals surface area contributed by atoms with Gasteiger partial charge in [-0.05, 0) is 42.7 Å². The smallest absolute Gasteiger partial charge is 0.382 e. The summed E-state index contributed by atoms with van der Waals surface area (Å²) in [6, 6.07) is 12.8. The number of carbonyl (C=O) groups excluding carboxylic acids is 1. The topological polar surface area (TPSA) is 103 Å². The average Bonchev–Trinajstić information content (AvgIpc) is 3.44. The number of alkyl halides is 3. The molecular weight excluding hydrogens is 483 g/mol. The molecule has 0 spiro atoms. The predicted octanol–water partition coefficient (Wildman–Crippen LogP) is 5.20. The molecule has 3 heterocycles. The van der Waals surface area contributed by atoms with E-state index in [9.17, 15) is 18.0 Å². The lowest BCUT2D eigenvalue weighted by Crippen LogP contribution is -2.26. The first-order valence-corrected chi connectivity index (χ1v) is 11.3. The molecule has 0 aliphatic rings. The summed E-state index contributed by atoms with van der Waals surface area (Å²) in [6.07, 6.45) is -0.970. The minimum Gasteiger partial charge on any atom is -0.382 e. The van der Waals surface area contributed by atoms with Crippen molar-refractivity contribution in [3.8, 4) is 11.3 Å². The number of nitrogen functional groups attached to an aromatic ring is 1. The Hall–Kier alpha value is -4.67.